The Kier molecular flexibility index (Phi) is 3.06. The Morgan fingerprint density at radius 1 is 1.47 bits per heavy atom. The highest BCUT2D eigenvalue weighted by atomic mass is 16.5. The zero-order chi connectivity index (χ0) is 10.7. The molecule has 1 saturated carbocycles. The summed E-state index contributed by atoms with van der Waals surface area (Å²) in [5.41, 5.74) is 7.33. The summed E-state index contributed by atoms with van der Waals surface area (Å²) in [6.07, 6.45) is 7.24. The lowest BCUT2D eigenvalue weighted by Crippen LogP contribution is -2.29. The van der Waals surface area contributed by atoms with Crippen molar-refractivity contribution in [2.75, 3.05) is 18.2 Å². The van der Waals surface area contributed by atoms with Gasteiger partial charge in [0.2, 0.25) is 0 Å². The molecule has 1 heterocycles. The van der Waals surface area contributed by atoms with Gasteiger partial charge in [0, 0.05) is 13.3 Å². The van der Waals surface area contributed by atoms with Gasteiger partial charge in [-0.25, -0.2) is 0 Å². The fraction of sp³-hybridized carbons (Fsp3) is 0.545. The molecule has 0 amide bonds. The van der Waals surface area contributed by atoms with E-state index in [4.69, 9.17) is 10.5 Å². The van der Waals surface area contributed by atoms with Crippen LogP contribution in [0, 0.1) is 0 Å². The number of pyridine rings is 1. The molecule has 4 heteroatoms. The molecule has 0 radical (unpaired) electrons. The van der Waals surface area contributed by atoms with E-state index in [0.29, 0.717) is 17.8 Å². The summed E-state index contributed by atoms with van der Waals surface area (Å²) >= 11 is 0. The number of aromatic nitrogens is 1. The molecule has 1 aromatic heterocycles. The fourth-order valence-electron chi connectivity index (χ4n) is 2.12. The summed E-state index contributed by atoms with van der Waals surface area (Å²) in [4.78, 5) is 4.05. The number of ether oxygens (including phenoxy) is 1. The Bertz CT molecular complexity index is 329. The van der Waals surface area contributed by atoms with E-state index in [1.807, 2.05) is 6.07 Å². The van der Waals surface area contributed by atoms with Crippen LogP contribution in [0.1, 0.15) is 19.3 Å². The monoisotopic (exact) mass is 207 g/mol. The maximum absolute atomic E-state index is 5.67. The van der Waals surface area contributed by atoms with Crippen LogP contribution in [0.2, 0.25) is 0 Å². The molecule has 2 rings (SSSR count). The van der Waals surface area contributed by atoms with Gasteiger partial charge in [-0.15, -0.1) is 0 Å². The molecule has 2 unspecified atom stereocenters. The largest absolute Gasteiger partial charge is 0.397 e. The molecule has 2 atom stereocenters. The Morgan fingerprint density at radius 3 is 3.07 bits per heavy atom. The second-order valence-corrected chi connectivity index (χ2v) is 3.96. The van der Waals surface area contributed by atoms with Crippen molar-refractivity contribution in [2.45, 2.75) is 31.4 Å². The normalized spacial score (nSPS) is 25.4. The predicted molar refractivity (Wildman–Crippen MR) is 60.7 cm³/mol. The third kappa shape index (κ3) is 2.39. The maximum atomic E-state index is 5.67. The van der Waals surface area contributed by atoms with Crippen LogP contribution in [-0.2, 0) is 4.74 Å². The Labute approximate surface area is 89.8 Å². The second-order valence-electron chi connectivity index (χ2n) is 3.96. The van der Waals surface area contributed by atoms with Crippen LogP contribution in [0.4, 0.5) is 11.4 Å². The number of nitrogens with zero attached hydrogens (tertiary/aromatic N) is 1. The van der Waals surface area contributed by atoms with Crippen molar-refractivity contribution in [1.82, 2.24) is 4.98 Å². The van der Waals surface area contributed by atoms with E-state index in [9.17, 15) is 0 Å². The highest BCUT2D eigenvalue weighted by Gasteiger charge is 2.26. The molecule has 1 aliphatic carbocycles. The van der Waals surface area contributed by atoms with E-state index in [1.165, 1.54) is 6.42 Å². The van der Waals surface area contributed by atoms with Crippen molar-refractivity contribution in [3.63, 3.8) is 0 Å². The number of nitrogen functional groups attached to an aromatic ring is 1. The van der Waals surface area contributed by atoms with Crippen molar-refractivity contribution in [3.8, 4) is 0 Å². The van der Waals surface area contributed by atoms with Crippen molar-refractivity contribution >= 4 is 11.4 Å². The zero-order valence-electron chi connectivity index (χ0n) is 8.94. The highest BCUT2D eigenvalue weighted by molar-refractivity contribution is 5.51. The van der Waals surface area contributed by atoms with E-state index in [1.54, 1.807) is 19.5 Å². The van der Waals surface area contributed by atoms with Crippen LogP contribution in [0.25, 0.3) is 0 Å². The molecule has 82 valence electrons. The molecule has 0 bridgehead atoms. The number of hydrogen-bond donors (Lipinski definition) is 2. The van der Waals surface area contributed by atoms with Crippen LogP contribution >= 0.6 is 0 Å². The van der Waals surface area contributed by atoms with E-state index >= 15 is 0 Å². The summed E-state index contributed by atoms with van der Waals surface area (Å²) in [5, 5.41) is 3.42. The van der Waals surface area contributed by atoms with Gasteiger partial charge in [0.25, 0.3) is 0 Å². The van der Waals surface area contributed by atoms with Gasteiger partial charge in [0.1, 0.15) is 0 Å². The van der Waals surface area contributed by atoms with Crippen LogP contribution in [0.3, 0.4) is 0 Å². The van der Waals surface area contributed by atoms with Gasteiger partial charge >= 0.3 is 0 Å². The molecule has 1 fully saturated rings. The number of rotatable bonds is 3. The highest BCUT2D eigenvalue weighted by Crippen LogP contribution is 2.25. The van der Waals surface area contributed by atoms with Crippen LogP contribution in [-0.4, -0.2) is 24.2 Å². The van der Waals surface area contributed by atoms with Gasteiger partial charge < -0.3 is 15.8 Å². The van der Waals surface area contributed by atoms with Crippen molar-refractivity contribution < 1.29 is 4.74 Å². The molecule has 0 spiro atoms. The molecule has 15 heavy (non-hydrogen) atoms. The first kappa shape index (κ1) is 10.2. The Balaban J connectivity index is 2.02. The Morgan fingerprint density at radius 2 is 2.33 bits per heavy atom. The van der Waals surface area contributed by atoms with E-state index < -0.39 is 0 Å². The summed E-state index contributed by atoms with van der Waals surface area (Å²) in [5.74, 6) is 0. The van der Waals surface area contributed by atoms with Crippen molar-refractivity contribution in [3.05, 3.63) is 18.5 Å². The number of nitrogens with two attached hydrogens (primary N) is 1. The molecule has 0 aromatic carbocycles. The number of anilines is 2. The van der Waals surface area contributed by atoms with Crippen molar-refractivity contribution in [2.24, 2.45) is 0 Å². The molecule has 4 nitrogen and oxygen atoms in total. The first-order valence-corrected chi connectivity index (χ1v) is 5.29. The Hall–Kier alpha value is -1.29. The van der Waals surface area contributed by atoms with Gasteiger partial charge in [-0.3, -0.25) is 4.98 Å². The topological polar surface area (TPSA) is 60.2 Å². The average molecular weight is 207 g/mol. The minimum absolute atomic E-state index is 0.312. The van der Waals surface area contributed by atoms with E-state index in [0.717, 1.165) is 18.5 Å². The molecule has 1 aliphatic rings. The summed E-state index contributed by atoms with van der Waals surface area (Å²) in [6, 6.07) is 2.29. The molecule has 1 aromatic rings. The number of nitrogens with one attached hydrogen (secondary N) is 1. The molecular weight excluding hydrogens is 190 g/mol. The number of hydrogen-bond acceptors (Lipinski definition) is 4. The number of methoxy groups -OCH3 is 1. The third-order valence-corrected chi connectivity index (χ3v) is 2.87. The first-order valence-electron chi connectivity index (χ1n) is 5.29. The van der Waals surface area contributed by atoms with Crippen LogP contribution < -0.4 is 11.1 Å². The fourth-order valence-corrected chi connectivity index (χ4v) is 2.12. The van der Waals surface area contributed by atoms with E-state index in [-0.39, 0.29) is 0 Å². The minimum Gasteiger partial charge on any atom is -0.397 e. The average Bonchev–Trinajstić information content (AvgIpc) is 2.65. The molecule has 0 saturated heterocycles. The molecule has 0 aliphatic heterocycles. The first-order chi connectivity index (χ1) is 7.29. The third-order valence-electron chi connectivity index (χ3n) is 2.87. The summed E-state index contributed by atoms with van der Waals surface area (Å²) < 4.78 is 5.41. The second kappa shape index (κ2) is 4.49. The minimum atomic E-state index is 0.312. The van der Waals surface area contributed by atoms with E-state index in [2.05, 4.69) is 10.3 Å². The zero-order valence-corrected chi connectivity index (χ0v) is 8.94. The van der Waals surface area contributed by atoms with Gasteiger partial charge in [-0.05, 0) is 25.3 Å². The van der Waals surface area contributed by atoms with Gasteiger partial charge in [0.05, 0.1) is 29.7 Å². The smallest absolute Gasteiger partial charge is 0.0772 e. The van der Waals surface area contributed by atoms with Gasteiger partial charge in [-0.2, -0.15) is 0 Å². The van der Waals surface area contributed by atoms with Crippen LogP contribution in [0.15, 0.2) is 18.5 Å². The molecule has 3 N–H and O–H groups in total. The van der Waals surface area contributed by atoms with Gasteiger partial charge in [-0.1, -0.05) is 0 Å². The summed E-state index contributed by atoms with van der Waals surface area (Å²) in [7, 11) is 1.77. The molecular formula is C11H17N3O. The maximum Gasteiger partial charge on any atom is 0.0772 e. The lowest BCUT2D eigenvalue weighted by atomic mass is 10.2. The summed E-state index contributed by atoms with van der Waals surface area (Å²) in [6.45, 7) is 0. The SMILES string of the molecule is COC1CCCC1Nc1cncc(N)c1. The van der Waals surface area contributed by atoms with Gasteiger partial charge in [0.15, 0.2) is 0 Å². The lowest BCUT2D eigenvalue weighted by Gasteiger charge is -2.20. The quantitative estimate of drug-likeness (QED) is 0.791. The van der Waals surface area contributed by atoms with Crippen LogP contribution in [0.5, 0.6) is 0 Å². The standard InChI is InChI=1S/C11H17N3O/c1-15-11-4-2-3-10(11)14-9-5-8(12)6-13-7-9/h5-7,10-11,14H,2-4,12H2,1H3. The predicted octanol–water partition coefficient (Wildman–Crippen LogP) is 1.64. The lowest BCUT2D eigenvalue weighted by molar-refractivity contribution is 0.101. The van der Waals surface area contributed by atoms with Crippen molar-refractivity contribution in [1.29, 1.82) is 0 Å².